The van der Waals surface area contributed by atoms with E-state index in [4.69, 9.17) is 32.5 Å². The maximum Gasteiger partial charge on any atom is 0.252 e. The van der Waals surface area contributed by atoms with Gasteiger partial charge >= 0.3 is 0 Å². The van der Waals surface area contributed by atoms with Crippen molar-refractivity contribution in [3.63, 3.8) is 0 Å². The molecule has 0 fully saturated rings. The van der Waals surface area contributed by atoms with Crippen molar-refractivity contribution in [2.45, 2.75) is 0 Å². The quantitative estimate of drug-likeness (QED) is 0.630. The van der Waals surface area contributed by atoms with E-state index in [9.17, 15) is 9.18 Å². The molecule has 0 aliphatic rings. The lowest BCUT2D eigenvalue weighted by Gasteiger charge is -2.21. The molecule has 0 saturated heterocycles. The molecule has 0 unspecified atom stereocenters. The lowest BCUT2D eigenvalue weighted by Crippen LogP contribution is -2.13. The molecule has 1 amide bonds. The lowest BCUT2D eigenvalue weighted by atomic mass is 10.1. The minimum atomic E-state index is -0.681. The summed E-state index contributed by atoms with van der Waals surface area (Å²) < 4.78 is 25.7. The van der Waals surface area contributed by atoms with Gasteiger partial charge in [0.25, 0.3) is 5.91 Å². The highest BCUT2D eigenvalue weighted by atomic mass is 35.5. The molecule has 4 N–H and O–H groups in total. The summed E-state index contributed by atoms with van der Waals surface area (Å²) in [6.45, 7) is 0. The van der Waals surface area contributed by atoms with Crippen molar-refractivity contribution in [1.82, 2.24) is 4.98 Å². The Kier molecular flexibility index (Phi) is 5.15. The summed E-state index contributed by atoms with van der Waals surface area (Å²) in [5.74, 6) is -0.921. The number of methoxy groups -OCH3 is 1. The molecule has 9 heteroatoms. The standard InChI is InChI=1S/C19H18ClFN4O3/c1-25(2)17-16(20)12(22)7-11(21)18(17)28-14-4-5-24-13-8-15(27-3)10(19(23)26)6-9(13)14/h4-8H,22H2,1-3H3,(H2,23,26). The van der Waals surface area contributed by atoms with Gasteiger partial charge in [-0.25, -0.2) is 4.39 Å². The number of fused-ring (bicyclic) bond motifs is 1. The summed E-state index contributed by atoms with van der Waals surface area (Å²) in [6.07, 6.45) is 1.49. The van der Waals surface area contributed by atoms with Gasteiger partial charge in [0.05, 0.1) is 28.9 Å². The first kappa shape index (κ1) is 19.5. The highest BCUT2D eigenvalue weighted by Gasteiger charge is 2.21. The number of carbonyl (C=O) groups excluding carboxylic acids is 1. The smallest absolute Gasteiger partial charge is 0.252 e. The first-order valence-corrected chi connectivity index (χ1v) is 8.51. The Hall–Kier alpha value is -3.26. The van der Waals surface area contributed by atoms with Crippen LogP contribution in [-0.4, -0.2) is 32.1 Å². The van der Waals surface area contributed by atoms with E-state index in [-0.39, 0.29) is 39.2 Å². The van der Waals surface area contributed by atoms with E-state index >= 15 is 0 Å². The van der Waals surface area contributed by atoms with Gasteiger partial charge in [-0.2, -0.15) is 0 Å². The van der Waals surface area contributed by atoms with Crippen molar-refractivity contribution >= 4 is 39.8 Å². The van der Waals surface area contributed by atoms with Gasteiger partial charge in [0, 0.05) is 37.8 Å². The van der Waals surface area contributed by atoms with Gasteiger partial charge in [-0.1, -0.05) is 11.6 Å². The summed E-state index contributed by atoms with van der Waals surface area (Å²) in [5, 5.41) is 0.619. The van der Waals surface area contributed by atoms with Gasteiger partial charge < -0.3 is 25.8 Å². The Labute approximate surface area is 165 Å². The SMILES string of the molecule is COc1cc2nccc(Oc3c(F)cc(N)c(Cl)c3N(C)C)c2cc1C(N)=O. The zero-order chi connectivity index (χ0) is 20.6. The summed E-state index contributed by atoms with van der Waals surface area (Å²) in [6, 6.07) is 5.68. The Morgan fingerprint density at radius 1 is 1.25 bits per heavy atom. The van der Waals surface area contributed by atoms with Crippen molar-refractivity contribution < 1.29 is 18.7 Å². The number of hydrogen-bond acceptors (Lipinski definition) is 6. The fourth-order valence-electron chi connectivity index (χ4n) is 2.82. The Balaban J connectivity index is 2.23. The topological polar surface area (TPSA) is 104 Å². The van der Waals surface area contributed by atoms with Crippen LogP contribution in [0.4, 0.5) is 15.8 Å². The number of nitrogens with two attached hydrogens (primary N) is 2. The average molecular weight is 405 g/mol. The number of benzene rings is 2. The van der Waals surface area contributed by atoms with Crippen LogP contribution in [0.25, 0.3) is 10.9 Å². The maximum absolute atomic E-state index is 14.7. The third-order valence-electron chi connectivity index (χ3n) is 4.12. The molecule has 0 spiro atoms. The van der Waals surface area contributed by atoms with Crippen LogP contribution in [0.3, 0.4) is 0 Å². The minimum absolute atomic E-state index is 0.0931. The van der Waals surface area contributed by atoms with Crippen molar-refractivity contribution in [3.8, 4) is 17.2 Å². The predicted octanol–water partition coefficient (Wildman–Crippen LogP) is 3.58. The maximum atomic E-state index is 14.7. The molecule has 0 radical (unpaired) electrons. The van der Waals surface area contributed by atoms with Crippen LogP contribution < -0.4 is 25.8 Å². The van der Waals surface area contributed by atoms with Crippen molar-refractivity contribution in [3.05, 3.63) is 46.9 Å². The summed E-state index contributed by atoms with van der Waals surface area (Å²) in [5.41, 5.74) is 12.2. The van der Waals surface area contributed by atoms with Gasteiger partial charge in [0.15, 0.2) is 11.6 Å². The van der Waals surface area contributed by atoms with E-state index in [2.05, 4.69) is 4.98 Å². The van der Waals surface area contributed by atoms with Crippen LogP contribution >= 0.6 is 11.6 Å². The average Bonchev–Trinajstić information content (AvgIpc) is 2.64. The molecule has 7 nitrogen and oxygen atoms in total. The molecular weight excluding hydrogens is 387 g/mol. The number of nitrogen functional groups attached to an aromatic ring is 1. The number of carbonyl (C=O) groups is 1. The largest absolute Gasteiger partial charge is 0.496 e. The minimum Gasteiger partial charge on any atom is -0.496 e. The van der Waals surface area contributed by atoms with Crippen LogP contribution in [0.15, 0.2) is 30.5 Å². The van der Waals surface area contributed by atoms with E-state index in [1.807, 2.05) is 0 Å². The molecule has 0 bridgehead atoms. The molecule has 3 rings (SSSR count). The first-order valence-electron chi connectivity index (χ1n) is 8.13. The molecule has 1 heterocycles. The summed E-state index contributed by atoms with van der Waals surface area (Å²) >= 11 is 6.25. The number of primary amides is 1. The highest BCUT2D eigenvalue weighted by molar-refractivity contribution is 6.36. The van der Waals surface area contributed by atoms with Crippen LogP contribution in [0.1, 0.15) is 10.4 Å². The Morgan fingerprint density at radius 3 is 2.57 bits per heavy atom. The molecule has 2 aromatic carbocycles. The van der Waals surface area contributed by atoms with Gasteiger partial charge in [-0.3, -0.25) is 9.78 Å². The van der Waals surface area contributed by atoms with E-state index in [1.54, 1.807) is 31.1 Å². The second kappa shape index (κ2) is 7.40. The van der Waals surface area contributed by atoms with Gasteiger partial charge in [-0.05, 0) is 12.1 Å². The van der Waals surface area contributed by atoms with E-state index < -0.39 is 11.7 Å². The first-order chi connectivity index (χ1) is 13.2. The van der Waals surface area contributed by atoms with Crippen LogP contribution in [0.2, 0.25) is 5.02 Å². The zero-order valence-corrected chi connectivity index (χ0v) is 16.2. The van der Waals surface area contributed by atoms with E-state index in [1.165, 1.54) is 19.4 Å². The second-order valence-corrected chi connectivity index (χ2v) is 6.56. The van der Waals surface area contributed by atoms with Crippen LogP contribution in [0, 0.1) is 5.82 Å². The predicted molar refractivity (Wildman–Crippen MR) is 107 cm³/mol. The number of pyridine rings is 1. The number of nitrogens with zero attached hydrogens (tertiary/aromatic N) is 2. The third kappa shape index (κ3) is 3.34. The number of anilines is 2. The van der Waals surface area contributed by atoms with Crippen molar-refractivity contribution in [1.29, 1.82) is 0 Å². The third-order valence-corrected chi connectivity index (χ3v) is 4.52. The highest BCUT2D eigenvalue weighted by Crippen LogP contribution is 2.44. The molecule has 0 aliphatic heterocycles. The Morgan fingerprint density at radius 2 is 1.96 bits per heavy atom. The number of ether oxygens (including phenoxy) is 2. The monoisotopic (exact) mass is 404 g/mol. The summed E-state index contributed by atoms with van der Waals surface area (Å²) in [4.78, 5) is 17.6. The molecule has 0 aliphatic carbocycles. The molecule has 3 aromatic rings. The number of aromatic nitrogens is 1. The van der Waals surface area contributed by atoms with Gasteiger partial charge in [-0.15, -0.1) is 0 Å². The van der Waals surface area contributed by atoms with Gasteiger partial charge in [0.2, 0.25) is 0 Å². The van der Waals surface area contributed by atoms with Crippen molar-refractivity contribution in [2.75, 3.05) is 31.8 Å². The molecular formula is C19H18ClFN4O3. The summed E-state index contributed by atoms with van der Waals surface area (Å²) in [7, 11) is 4.80. The number of amides is 1. The molecule has 28 heavy (non-hydrogen) atoms. The molecule has 0 saturated carbocycles. The molecule has 0 atom stereocenters. The van der Waals surface area contributed by atoms with E-state index in [0.29, 0.717) is 10.9 Å². The zero-order valence-electron chi connectivity index (χ0n) is 15.4. The second-order valence-electron chi connectivity index (χ2n) is 6.18. The fourth-order valence-corrected chi connectivity index (χ4v) is 3.13. The van der Waals surface area contributed by atoms with Crippen molar-refractivity contribution in [2.24, 2.45) is 5.73 Å². The van der Waals surface area contributed by atoms with E-state index in [0.717, 1.165) is 6.07 Å². The number of halogens is 2. The lowest BCUT2D eigenvalue weighted by molar-refractivity contribution is 0.0997. The van der Waals surface area contributed by atoms with Crippen LogP contribution in [-0.2, 0) is 0 Å². The number of rotatable bonds is 5. The fraction of sp³-hybridized carbons (Fsp3) is 0.158. The van der Waals surface area contributed by atoms with Gasteiger partial charge in [0.1, 0.15) is 17.2 Å². The Bertz CT molecular complexity index is 1090. The molecule has 146 valence electrons. The normalized spacial score (nSPS) is 10.8. The van der Waals surface area contributed by atoms with Crippen LogP contribution in [0.5, 0.6) is 17.2 Å². The molecule has 1 aromatic heterocycles. The number of hydrogen-bond donors (Lipinski definition) is 2.